The van der Waals surface area contributed by atoms with Crippen LogP contribution in [0.2, 0.25) is 0 Å². The fourth-order valence-corrected chi connectivity index (χ4v) is 1.40. The summed E-state index contributed by atoms with van der Waals surface area (Å²) in [4.78, 5) is 0. The van der Waals surface area contributed by atoms with Crippen LogP contribution < -0.4 is 0 Å². The predicted molar refractivity (Wildman–Crippen MR) is 56.2 cm³/mol. The molecule has 0 aliphatic rings. The van der Waals surface area contributed by atoms with Crippen LogP contribution in [0.25, 0.3) is 0 Å². The number of rotatable bonds is 2. The molecule has 0 aliphatic carbocycles. The van der Waals surface area contributed by atoms with E-state index in [1.165, 1.54) is 0 Å². The van der Waals surface area contributed by atoms with E-state index in [0.29, 0.717) is 5.75 Å². The lowest BCUT2D eigenvalue weighted by molar-refractivity contribution is 0.428. The minimum Gasteiger partial charge on any atom is -0.508 e. The fraction of sp³-hybridized carbons (Fsp3) is 0.500. The van der Waals surface area contributed by atoms with Crippen molar-refractivity contribution in [1.29, 1.82) is 0 Å². The van der Waals surface area contributed by atoms with Gasteiger partial charge in [0.1, 0.15) is 5.75 Å². The number of hydrogen-bond acceptors (Lipinski definition) is 1. The lowest BCUT2D eigenvalue weighted by Gasteiger charge is -2.24. The van der Waals surface area contributed by atoms with E-state index in [1.807, 2.05) is 25.1 Å². The predicted octanol–water partition coefficient (Wildman–Crippen LogP) is 3.39. The van der Waals surface area contributed by atoms with Crippen molar-refractivity contribution >= 4 is 0 Å². The maximum Gasteiger partial charge on any atom is 0.119 e. The molecule has 1 N–H and O–H groups in total. The van der Waals surface area contributed by atoms with Crippen LogP contribution in [0.4, 0.5) is 0 Å². The second-order valence-corrected chi connectivity index (χ2v) is 4.26. The van der Waals surface area contributed by atoms with Gasteiger partial charge in [0.2, 0.25) is 0 Å². The molecule has 0 aliphatic heterocycles. The fourth-order valence-electron chi connectivity index (χ4n) is 1.40. The third-order valence-electron chi connectivity index (χ3n) is 2.77. The Bertz CT molecular complexity index is 300. The Balaban J connectivity index is 3.16. The molecule has 0 amide bonds. The van der Waals surface area contributed by atoms with Gasteiger partial charge in [-0.3, -0.25) is 0 Å². The number of benzene rings is 1. The third-order valence-corrected chi connectivity index (χ3v) is 2.77. The van der Waals surface area contributed by atoms with Crippen LogP contribution >= 0.6 is 0 Å². The summed E-state index contributed by atoms with van der Waals surface area (Å²) in [7, 11) is 0. The molecule has 72 valence electrons. The second-order valence-electron chi connectivity index (χ2n) is 4.26. The summed E-state index contributed by atoms with van der Waals surface area (Å²) in [6.45, 7) is 8.43. The Kier molecular flexibility index (Phi) is 2.65. The van der Waals surface area contributed by atoms with Crippen molar-refractivity contribution < 1.29 is 5.11 Å². The zero-order chi connectivity index (χ0) is 10.1. The molecule has 0 unspecified atom stereocenters. The zero-order valence-corrected chi connectivity index (χ0v) is 8.89. The van der Waals surface area contributed by atoms with Crippen molar-refractivity contribution in [3.05, 3.63) is 29.3 Å². The van der Waals surface area contributed by atoms with E-state index in [-0.39, 0.29) is 5.41 Å². The van der Waals surface area contributed by atoms with Gasteiger partial charge in [0, 0.05) is 0 Å². The van der Waals surface area contributed by atoms with Gasteiger partial charge in [-0.15, -0.1) is 0 Å². The highest BCUT2D eigenvalue weighted by Gasteiger charge is 2.21. The molecule has 1 rings (SSSR count). The van der Waals surface area contributed by atoms with Crippen LogP contribution in [0.3, 0.4) is 0 Å². The number of phenolic OH excluding ortho intramolecular Hbond substituents is 1. The van der Waals surface area contributed by atoms with Gasteiger partial charge in [-0.25, -0.2) is 0 Å². The smallest absolute Gasteiger partial charge is 0.119 e. The molecular formula is C12H18O. The number of hydrogen-bond donors (Lipinski definition) is 1. The van der Waals surface area contributed by atoms with Crippen molar-refractivity contribution in [3.8, 4) is 5.75 Å². The summed E-state index contributed by atoms with van der Waals surface area (Å²) in [5.74, 6) is 0.423. The summed E-state index contributed by atoms with van der Waals surface area (Å²) in [6.07, 6.45) is 1.03. The largest absolute Gasteiger partial charge is 0.508 e. The first-order chi connectivity index (χ1) is 5.97. The topological polar surface area (TPSA) is 20.2 Å². The van der Waals surface area contributed by atoms with Gasteiger partial charge in [-0.05, 0) is 36.0 Å². The van der Waals surface area contributed by atoms with E-state index in [2.05, 4.69) is 20.8 Å². The summed E-state index contributed by atoms with van der Waals surface area (Å²) in [6, 6.07) is 5.90. The highest BCUT2D eigenvalue weighted by atomic mass is 16.3. The van der Waals surface area contributed by atoms with Gasteiger partial charge in [0.15, 0.2) is 0 Å². The molecule has 0 heterocycles. The third kappa shape index (κ3) is 2.03. The lowest BCUT2D eigenvalue weighted by Crippen LogP contribution is -2.15. The van der Waals surface area contributed by atoms with E-state index in [0.717, 1.165) is 17.5 Å². The van der Waals surface area contributed by atoms with Crippen molar-refractivity contribution in [2.75, 3.05) is 0 Å². The van der Waals surface area contributed by atoms with Gasteiger partial charge < -0.3 is 5.11 Å². The summed E-state index contributed by atoms with van der Waals surface area (Å²) in [5, 5.41) is 9.76. The van der Waals surface area contributed by atoms with Crippen LogP contribution in [0.5, 0.6) is 5.75 Å². The minimum absolute atomic E-state index is 0.0672. The molecule has 0 aromatic heterocycles. The number of aromatic hydroxyl groups is 1. The van der Waals surface area contributed by atoms with Crippen molar-refractivity contribution in [2.45, 2.75) is 39.5 Å². The van der Waals surface area contributed by atoms with Crippen LogP contribution in [-0.4, -0.2) is 5.11 Å². The van der Waals surface area contributed by atoms with Crippen molar-refractivity contribution in [3.63, 3.8) is 0 Å². The highest BCUT2D eigenvalue weighted by Crippen LogP contribution is 2.33. The molecule has 0 atom stereocenters. The maximum atomic E-state index is 9.76. The van der Waals surface area contributed by atoms with Gasteiger partial charge >= 0.3 is 0 Å². The molecule has 0 radical (unpaired) electrons. The standard InChI is InChI=1S/C12H18O/c1-5-12(3,4)10-7-6-9(2)8-11(10)13/h6-8,13H,5H2,1-4H3. The summed E-state index contributed by atoms with van der Waals surface area (Å²) < 4.78 is 0. The monoisotopic (exact) mass is 178 g/mol. The molecule has 0 fully saturated rings. The molecule has 0 saturated heterocycles. The SMILES string of the molecule is CCC(C)(C)c1ccc(C)cc1O. The molecule has 1 heteroatoms. The molecule has 1 aromatic rings. The molecular weight excluding hydrogens is 160 g/mol. The minimum atomic E-state index is 0.0672. The molecule has 0 bridgehead atoms. The van der Waals surface area contributed by atoms with E-state index in [1.54, 1.807) is 0 Å². The molecule has 1 aromatic carbocycles. The molecule has 0 spiro atoms. The first-order valence-corrected chi connectivity index (χ1v) is 4.77. The van der Waals surface area contributed by atoms with E-state index in [9.17, 15) is 5.11 Å². The average molecular weight is 178 g/mol. The lowest BCUT2D eigenvalue weighted by atomic mass is 9.81. The van der Waals surface area contributed by atoms with Gasteiger partial charge in [0.05, 0.1) is 0 Å². The number of aryl methyl sites for hydroxylation is 1. The first kappa shape index (κ1) is 10.1. The summed E-state index contributed by atoms with van der Waals surface area (Å²) in [5.41, 5.74) is 2.21. The van der Waals surface area contributed by atoms with E-state index in [4.69, 9.17) is 0 Å². The van der Waals surface area contributed by atoms with E-state index >= 15 is 0 Å². The summed E-state index contributed by atoms with van der Waals surface area (Å²) >= 11 is 0. The Morgan fingerprint density at radius 2 is 1.92 bits per heavy atom. The highest BCUT2D eigenvalue weighted by molar-refractivity contribution is 5.40. The van der Waals surface area contributed by atoms with E-state index < -0.39 is 0 Å². The van der Waals surface area contributed by atoms with Gasteiger partial charge in [-0.1, -0.05) is 32.9 Å². The van der Waals surface area contributed by atoms with Crippen molar-refractivity contribution in [1.82, 2.24) is 0 Å². The van der Waals surface area contributed by atoms with Crippen LogP contribution in [0, 0.1) is 6.92 Å². The Labute approximate surface area is 80.4 Å². The van der Waals surface area contributed by atoms with Crippen LogP contribution in [-0.2, 0) is 5.41 Å². The van der Waals surface area contributed by atoms with Gasteiger partial charge in [-0.2, -0.15) is 0 Å². The van der Waals surface area contributed by atoms with Crippen LogP contribution in [0.15, 0.2) is 18.2 Å². The Morgan fingerprint density at radius 3 is 2.38 bits per heavy atom. The van der Waals surface area contributed by atoms with Crippen LogP contribution in [0.1, 0.15) is 38.3 Å². The molecule has 0 saturated carbocycles. The van der Waals surface area contributed by atoms with Gasteiger partial charge in [0.25, 0.3) is 0 Å². The average Bonchev–Trinajstić information content (AvgIpc) is 2.03. The van der Waals surface area contributed by atoms with Crippen molar-refractivity contribution in [2.24, 2.45) is 0 Å². The zero-order valence-electron chi connectivity index (χ0n) is 8.89. The second kappa shape index (κ2) is 3.41. The number of phenols is 1. The first-order valence-electron chi connectivity index (χ1n) is 4.77. The Hall–Kier alpha value is -0.980. The molecule has 13 heavy (non-hydrogen) atoms. The normalized spacial score (nSPS) is 11.7. The Morgan fingerprint density at radius 1 is 1.31 bits per heavy atom. The molecule has 1 nitrogen and oxygen atoms in total. The quantitative estimate of drug-likeness (QED) is 0.736. The maximum absolute atomic E-state index is 9.76.